The Morgan fingerprint density at radius 1 is 0.679 bits per heavy atom. The Morgan fingerprint density at radius 3 is 1.68 bits per heavy atom. The molecule has 0 aliphatic rings. The van der Waals surface area contributed by atoms with Crippen LogP contribution in [0.25, 0.3) is 0 Å². The minimum atomic E-state index is -0.344. The second-order valence-electron chi connectivity index (χ2n) is 7.66. The third-order valence-corrected chi connectivity index (χ3v) is 4.96. The minimum Gasteiger partial charge on any atom is -0.463 e. The molecule has 0 radical (unpaired) electrons. The van der Waals surface area contributed by atoms with Crippen LogP contribution in [0.5, 0.6) is 0 Å². The maximum absolute atomic E-state index is 11.7. The van der Waals surface area contributed by atoms with Crippen LogP contribution in [0, 0.1) is 0 Å². The van der Waals surface area contributed by atoms with Crippen molar-refractivity contribution in [3.8, 4) is 0 Å². The van der Waals surface area contributed by atoms with Crippen LogP contribution in [0.2, 0.25) is 0 Å². The quantitative estimate of drug-likeness (QED) is 0.203. The van der Waals surface area contributed by atoms with Crippen LogP contribution in [-0.2, 0) is 19.1 Å². The highest BCUT2D eigenvalue weighted by Gasteiger charge is 2.07. The lowest BCUT2D eigenvalue weighted by atomic mass is 10.0. The van der Waals surface area contributed by atoms with E-state index in [1.807, 2.05) is 0 Å². The van der Waals surface area contributed by atoms with E-state index in [2.05, 4.69) is 12.2 Å². The van der Waals surface area contributed by atoms with E-state index in [9.17, 15) is 9.59 Å². The molecule has 166 valence electrons. The molecule has 0 bridgehead atoms. The van der Waals surface area contributed by atoms with Gasteiger partial charge in [-0.25, -0.2) is 0 Å². The maximum Gasteiger partial charge on any atom is 0.306 e. The Kier molecular flexibility index (Phi) is 21.3. The van der Waals surface area contributed by atoms with Gasteiger partial charge in [0.1, 0.15) is 6.61 Å². The van der Waals surface area contributed by atoms with E-state index < -0.39 is 0 Å². The van der Waals surface area contributed by atoms with Gasteiger partial charge in [-0.2, -0.15) is 0 Å². The third-order valence-electron chi connectivity index (χ3n) is 4.96. The zero-order chi connectivity index (χ0) is 20.7. The average molecular weight is 400 g/mol. The molecule has 0 aromatic carbocycles. The highest BCUT2D eigenvalue weighted by molar-refractivity contribution is 5.81. The number of methoxy groups -OCH3 is 1. The van der Waals surface area contributed by atoms with Crippen molar-refractivity contribution >= 4 is 11.9 Å². The number of amides is 1. The molecule has 0 aliphatic heterocycles. The fraction of sp³-hybridized carbons (Fsp3) is 0.913. The van der Waals surface area contributed by atoms with Crippen LogP contribution in [0.4, 0.5) is 0 Å². The molecule has 0 atom stereocenters. The summed E-state index contributed by atoms with van der Waals surface area (Å²) in [5, 5.41) is 2.88. The maximum atomic E-state index is 11.7. The Bertz CT molecular complexity index is 361. The number of ether oxygens (including phenoxy) is 2. The molecule has 5 heteroatoms. The lowest BCUT2D eigenvalue weighted by Crippen LogP contribution is -2.25. The highest BCUT2D eigenvalue weighted by atomic mass is 16.6. The monoisotopic (exact) mass is 399 g/mol. The second kappa shape index (κ2) is 22.2. The average Bonchev–Trinajstić information content (AvgIpc) is 2.69. The van der Waals surface area contributed by atoms with Crippen molar-refractivity contribution in [2.45, 2.75) is 110 Å². The summed E-state index contributed by atoms with van der Waals surface area (Å²) < 4.78 is 9.72. The van der Waals surface area contributed by atoms with E-state index >= 15 is 0 Å². The van der Waals surface area contributed by atoms with Crippen LogP contribution >= 0.6 is 0 Å². The van der Waals surface area contributed by atoms with Crippen molar-refractivity contribution in [1.82, 2.24) is 5.32 Å². The topological polar surface area (TPSA) is 64.6 Å². The number of unbranched alkanes of at least 4 members (excludes halogenated alkanes) is 13. The molecule has 0 rings (SSSR count). The molecule has 28 heavy (non-hydrogen) atoms. The molecule has 0 fully saturated rings. The number of rotatable bonds is 21. The Labute approximate surface area is 173 Å². The summed E-state index contributed by atoms with van der Waals surface area (Å²) in [4.78, 5) is 23.0. The van der Waals surface area contributed by atoms with E-state index in [1.54, 1.807) is 7.11 Å². The molecule has 0 aliphatic carbocycles. The molecule has 0 heterocycles. The summed E-state index contributed by atoms with van der Waals surface area (Å²) in [6.45, 7) is 3.60. The van der Waals surface area contributed by atoms with Crippen molar-refractivity contribution in [2.75, 3.05) is 26.9 Å². The van der Waals surface area contributed by atoms with Gasteiger partial charge < -0.3 is 14.8 Å². The molecular weight excluding hydrogens is 354 g/mol. The van der Waals surface area contributed by atoms with Crippen LogP contribution < -0.4 is 5.32 Å². The lowest BCUT2D eigenvalue weighted by molar-refractivity contribution is -0.146. The van der Waals surface area contributed by atoms with Crippen molar-refractivity contribution in [1.29, 1.82) is 0 Å². The fourth-order valence-corrected chi connectivity index (χ4v) is 3.16. The van der Waals surface area contributed by atoms with Gasteiger partial charge in [-0.15, -0.1) is 0 Å². The molecular formula is C23H45NO4. The van der Waals surface area contributed by atoms with E-state index in [1.165, 1.54) is 77.0 Å². The van der Waals surface area contributed by atoms with Crippen LogP contribution in [0.15, 0.2) is 0 Å². The number of carbonyl (C=O) groups excluding carboxylic acids is 2. The van der Waals surface area contributed by atoms with Gasteiger partial charge in [0.25, 0.3) is 0 Å². The third kappa shape index (κ3) is 21.2. The minimum absolute atomic E-state index is 0.0709. The first-order chi connectivity index (χ1) is 13.7. The molecule has 0 aromatic heterocycles. The molecule has 5 nitrogen and oxygen atoms in total. The molecule has 0 saturated carbocycles. The normalized spacial score (nSPS) is 10.8. The van der Waals surface area contributed by atoms with E-state index in [0.29, 0.717) is 13.2 Å². The highest BCUT2D eigenvalue weighted by Crippen LogP contribution is 2.12. The first-order valence-corrected chi connectivity index (χ1v) is 11.6. The van der Waals surface area contributed by atoms with E-state index in [-0.39, 0.29) is 31.3 Å². The van der Waals surface area contributed by atoms with E-state index in [0.717, 1.165) is 12.8 Å². The van der Waals surface area contributed by atoms with Gasteiger partial charge in [-0.3, -0.25) is 9.59 Å². The zero-order valence-corrected chi connectivity index (χ0v) is 18.6. The van der Waals surface area contributed by atoms with E-state index in [4.69, 9.17) is 9.47 Å². The zero-order valence-electron chi connectivity index (χ0n) is 18.6. The molecule has 0 saturated heterocycles. The van der Waals surface area contributed by atoms with Gasteiger partial charge in [0.2, 0.25) is 5.91 Å². The Morgan fingerprint density at radius 2 is 1.18 bits per heavy atom. The van der Waals surface area contributed by atoms with Gasteiger partial charge >= 0.3 is 5.97 Å². The first kappa shape index (κ1) is 26.9. The standard InChI is InChI=1S/C23H45NO4/c1-3-4-5-6-7-8-9-10-11-12-13-14-15-16-19-24-22(25)17-18-23(26)28-21-20-27-2/h3-21H2,1-2H3,(H,24,25). The molecule has 0 unspecified atom stereocenters. The fourth-order valence-electron chi connectivity index (χ4n) is 3.16. The predicted octanol–water partition coefficient (Wildman–Crippen LogP) is 5.55. The summed E-state index contributed by atoms with van der Waals surface area (Å²) in [5.74, 6) is -0.415. The molecule has 1 N–H and O–H groups in total. The first-order valence-electron chi connectivity index (χ1n) is 11.6. The largest absolute Gasteiger partial charge is 0.463 e. The molecule has 1 amide bonds. The van der Waals surface area contributed by atoms with Crippen molar-refractivity contribution in [2.24, 2.45) is 0 Å². The summed E-state index contributed by atoms with van der Waals surface area (Å²) in [6, 6.07) is 0. The van der Waals surface area contributed by atoms with Crippen LogP contribution in [0.3, 0.4) is 0 Å². The van der Waals surface area contributed by atoms with Crippen LogP contribution in [0.1, 0.15) is 110 Å². The van der Waals surface area contributed by atoms with Crippen LogP contribution in [-0.4, -0.2) is 38.7 Å². The van der Waals surface area contributed by atoms with Gasteiger partial charge in [0.05, 0.1) is 13.0 Å². The van der Waals surface area contributed by atoms with Crippen molar-refractivity contribution in [3.05, 3.63) is 0 Å². The number of esters is 1. The van der Waals surface area contributed by atoms with Gasteiger partial charge in [0.15, 0.2) is 0 Å². The summed E-state index contributed by atoms with van der Waals surface area (Å²) in [5.41, 5.74) is 0. The lowest BCUT2D eigenvalue weighted by Gasteiger charge is -2.06. The SMILES string of the molecule is CCCCCCCCCCCCCCCCNC(=O)CCC(=O)OCCOC. The predicted molar refractivity (Wildman–Crippen MR) is 115 cm³/mol. The Balaban J connectivity index is 3.22. The number of hydrogen-bond acceptors (Lipinski definition) is 4. The summed E-state index contributed by atoms with van der Waals surface area (Å²) >= 11 is 0. The number of carbonyl (C=O) groups is 2. The van der Waals surface area contributed by atoms with Crippen molar-refractivity contribution < 1.29 is 19.1 Å². The Hall–Kier alpha value is -1.10. The summed E-state index contributed by atoms with van der Waals surface area (Å²) in [6.07, 6.45) is 18.9. The summed E-state index contributed by atoms with van der Waals surface area (Å²) in [7, 11) is 1.55. The second-order valence-corrected chi connectivity index (χ2v) is 7.66. The van der Waals surface area contributed by atoms with Gasteiger partial charge in [-0.05, 0) is 6.42 Å². The van der Waals surface area contributed by atoms with Gasteiger partial charge in [0, 0.05) is 20.1 Å². The number of nitrogens with one attached hydrogen (secondary N) is 1. The van der Waals surface area contributed by atoms with Gasteiger partial charge in [-0.1, -0.05) is 90.4 Å². The smallest absolute Gasteiger partial charge is 0.306 e. The molecule has 0 spiro atoms. The molecule has 0 aromatic rings. The number of hydrogen-bond donors (Lipinski definition) is 1. The van der Waals surface area contributed by atoms with Crippen molar-refractivity contribution in [3.63, 3.8) is 0 Å².